The molecule has 152 valence electrons. The first-order valence-electron chi connectivity index (χ1n) is 10.0. The van der Waals surface area contributed by atoms with Gasteiger partial charge in [0.05, 0.1) is 31.6 Å². The molecule has 1 aromatic carbocycles. The minimum absolute atomic E-state index is 0.0381. The Morgan fingerprint density at radius 1 is 1.14 bits per heavy atom. The number of morpholine rings is 1. The van der Waals surface area contributed by atoms with Crippen molar-refractivity contribution in [1.29, 1.82) is 0 Å². The zero-order chi connectivity index (χ0) is 19.8. The number of nitrogens with zero attached hydrogens (tertiary/aromatic N) is 3. The molecule has 0 radical (unpaired) electrons. The molecule has 3 N–H and O–H groups in total. The van der Waals surface area contributed by atoms with Crippen molar-refractivity contribution >= 4 is 11.8 Å². The van der Waals surface area contributed by atoms with Gasteiger partial charge in [0.2, 0.25) is 5.95 Å². The quantitative estimate of drug-likeness (QED) is 0.611. The molecule has 0 spiro atoms. The van der Waals surface area contributed by atoms with Crippen LogP contribution in [0.5, 0.6) is 0 Å². The molecule has 7 nitrogen and oxygen atoms in total. The first-order valence-corrected chi connectivity index (χ1v) is 10.0. The summed E-state index contributed by atoms with van der Waals surface area (Å²) >= 11 is 0. The highest BCUT2D eigenvalue weighted by molar-refractivity contribution is 5.64. The second kappa shape index (κ2) is 10.4. The number of aliphatic hydroxyl groups is 1. The van der Waals surface area contributed by atoms with Crippen molar-refractivity contribution in [2.75, 3.05) is 56.6 Å². The first kappa shape index (κ1) is 20.5. The molecule has 0 bridgehead atoms. The standard InChI is InChI=1S/C21H31N5O2/c1-16(2)19(15-27)24-21-23-18(17-6-4-3-5-7-17)14-20(25-21)22-8-9-26-10-12-28-13-11-26/h3-7,14,16,19,27H,8-13,15H2,1-2H3,(H2,22,23,24,25)/t19-/m0/s1. The largest absolute Gasteiger partial charge is 0.394 e. The topological polar surface area (TPSA) is 82.5 Å². The third kappa shape index (κ3) is 5.89. The molecule has 1 fully saturated rings. The van der Waals surface area contributed by atoms with Gasteiger partial charge in [-0.3, -0.25) is 4.90 Å². The summed E-state index contributed by atoms with van der Waals surface area (Å²) in [6.07, 6.45) is 0. The number of hydrogen-bond acceptors (Lipinski definition) is 7. The minimum Gasteiger partial charge on any atom is -0.394 e. The summed E-state index contributed by atoms with van der Waals surface area (Å²) in [6, 6.07) is 12.0. The van der Waals surface area contributed by atoms with E-state index in [1.54, 1.807) is 0 Å². The molecular weight excluding hydrogens is 354 g/mol. The van der Waals surface area contributed by atoms with Crippen LogP contribution in [0.2, 0.25) is 0 Å². The third-order valence-corrected chi connectivity index (χ3v) is 4.95. The molecule has 0 aliphatic carbocycles. The van der Waals surface area contributed by atoms with Gasteiger partial charge < -0.3 is 20.5 Å². The van der Waals surface area contributed by atoms with E-state index in [-0.39, 0.29) is 18.6 Å². The molecule has 28 heavy (non-hydrogen) atoms. The average Bonchev–Trinajstić information content (AvgIpc) is 2.73. The number of rotatable bonds is 9. The Hall–Kier alpha value is -2.22. The molecule has 1 saturated heterocycles. The highest BCUT2D eigenvalue weighted by Crippen LogP contribution is 2.22. The summed E-state index contributed by atoms with van der Waals surface area (Å²) in [5.74, 6) is 1.58. The zero-order valence-corrected chi connectivity index (χ0v) is 16.8. The maximum Gasteiger partial charge on any atom is 0.225 e. The Morgan fingerprint density at radius 2 is 1.89 bits per heavy atom. The molecule has 7 heteroatoms. The Morgan fingerprint density at radius 3 is 2.57 bits per heavy atom. The van der Waals surface area contributed by atoms with E-state index in [1.165, 1.54) is 0 Å². The van der Waals surface area contributed by atoms with Crippen molar-refractivity contribution in [3.63, 3.8) is 0 Å². The third-order valence-electron chi connectivity index (χ3n) is 4.95. The number of hydrogen-bond donors (Lipinski definition) is 3. The highest BCUT2D eigenvalue weighted by Gasteiger charge is 2.15. The van der Waals surface area contributed by atoms with Crippen molar-refractivity contribution in [3.8, 4) is 11.3 Å². The van der Waals surface area contributed by atoms with Crippen LogP contribution in [0.15, 0.2) is 36.4 Å². The normalized spacial score (nSPS) is 16.1. The predicted molar refractivity (Wildman–Crippen MR) is 113 cm³/mol. The SMILES string of the molecule is CC(C)[C@H](CO)Nc1nc(NCCN2CCOCC2)cc(-c2ccccc2)n1. The van der Waals surface area contributed by atoms with Gasteiger partial charge in [0.1, 0.15) is 5.82 Å². The fourth-order valence-electron chi connectivity index (χ4n) is 3.11. The smallest absolute Gasteiger partial charge is 0.225 e. The van der Waals surface area contributed by atoms with Gasteiger partial charge in [-0.15, -0.1) is 0 Å². The number of benzene rings is 1. The van der Waals surface area contributed by atoms with Gasteiger partial charge in [-0.1, -0.05) is 44.2 Å². The molecule has 2 aromatic rings. The van der Waals surface area contributed by atoms with E-state index in [0.29, 0.717) is 5.95 Å². The lowest BCUT2D eigenvalue weighted by molar-refractivity contribution is 0.0398. The molecule has 1 aromatic heterocycles. The van der Waals surface area contributed by atoms with E-state index < -0.39 is 0 Å². The van der Waals surface area contributed by atoms with Gasteiger partial charge in [-0.2, -0.15) is 4.98 Å². The van der Waals surface area contributed by atoms with Gasteiger partial charge in [0, 0.05) is 37.8 Å². The minimum atomic E-state index is -0.0905. The molecule has 2 heterocycles. The Bertz CT molecular complexity index is 720. The molecule has 3 rings (SSSR count). The molecule has 1 atom stereocenters. The van der Waals surface area contributed by atoms with Gasteiger partial charge in [0.25, 0.3) is 0 Å². The van der Waals surface area contributed by atoms with Crippen LogP contribution in [0, 0.1) is 5.92 Å². The van der Waals surface area contributed by atoms with E-state index in [4.69, 9.17) is 4.74 Å². The molecule has 0 unspecified atom stereocenters. The molecule has 0 amide bonds. The van der Waals surface area contributed by atoms with Crippen LogP contribution in [0.25, 0.3) is 11.3 Å². The average molecular weight is 386 g/mol. The van der Waals surface area contributed by atoms with Crippen LogP contribution in [0.4, 0.5) is 11.8 Å². The molecule has 1 aliphatic heterocycles. The summed E-state index contributed by atoms with van der Waals surface area (Å²) in [7, 11) is 0. The van der Waals surface area contributed by atoms with Gasteiger partial charge in [-0.25, -0.2) is 4.98 Å². The Labute approximate surface area is 167 Å². The van der Waals surface area contributed by atoms with Crippen molar-refractivity contribution in [1.82, 2.24) is 14.9 Å². The summed E-state index contributed by atoms with van der Waals surface area (Å²) < 4.78 is 5.40. The number of anilines is 2. The number of nitrogens with one attached hydrogen (secondary N) is 2. The Balaban J connectivity index is 1.74. The summed E-state index contributed by atoms with van der Waals surface area (Å²) in [5.41, 5.74) is 1.89. The van der Waals surface area contributed by atoms with E-state index >= 15 is 0 Å². The zero-order valence-electron chi connectivity index (χ0n) is 16.8. The van der Waals surface area contributed by atoms with Crippen molar-refractivity contribution in [3.05, 3.63) is 36.4 Å². The van der Waals surface area contributed by atoms with Crippen molar-refractivity contribution in [2.24, 2.45) is 5.92 Å². The lowest BCUT2D eigenvalue weighted by Gasteiger charge is -2.26. The second-order valence-corrected chi connectivity index (χ2v) is 7.39. The van der Waals surface area contributed by atoms with Crippen LogP contribution >= 0.6 is 0 Å². The molecular formula is C21H31N5O2. The van der Waals surface area contributed by atoms with Gasteiger partial charge in [0.15, 0.2) is 0 Å². The van der Waals surface area contributed by atoms with Gasteiger partial charge in [-0.05, 0) is 5.92 Å². The highest BCUT2D eigenvalue weighted by atomic mass is 16.5. The van der Waals surface area contributed by atoms with Gasteiger partial charge >= 0.3 is 0 Å². The van der Waals surface area contributed by atoms with Crippen LogP contribution in [-0.2, 0) is 4.74 Å². The molecule has 0 saturated carbocycles. The second-order valence-electron chi connectivity index (χ2n) is 7.39. The van der Waals surface area contributed by atoms with Crippen molar-refractivity contribution < 1.29 is 9.84 Å². The fourth-order valence-corrected chi connectivity index (χ4v) is 3.11. The van der Waals surface area contributed by atoms with E-state index in [0.717, 1.165) is 56.5 Å². The van der Waals surface area contributed by atoms with E-state index in [9.17, 15) is 5.11 Å². The van der Waals surface area contributed by atoms with Crippen LogP contribution in [-0.4, -0.2) is 72.0 Å². The maximum absolute atomic E-state index is 9.65. The first-order chi connectivity index (χ1) is 13.7. The number of ether oxygens (including phenoxy) is 1. The van der Waals surface area contributed by atoms with E-state index in [2.05, 4.69) is 39.3 Å². The lowest BCUT2D eigenvalue weighted by atomic mass is 10.1. The number of aromatic nitrogens is 2. The molecule has 1 aliphatic rings. The monoisotopic (exact) mass is 385 g/mol. The number of aliphatic hydroxyl groups excluding tert-OH is 1. The van der Waals surface area contributed by atoms with Crippen LogP contribution in [0.1, 0.15) is 13.8 Å². The Kier molecular flexibility index (Phi) is 7.59. The summed E-state index contributed by atoms with van der Waals surface area (Å²) in [5, 5.41) is 16.4. The van der Waals surface area contributed by atoms with E-state index in [1.807, 2.05) is 36.4 Å². The predicted octanol–water partition coefficient (Wildman–Crippen LogP) is 2.32. The fraction of sp³-hybridized carbons (Fsp3) is 0.524. The van der Waals surface area contributed by atoms with Crippen LogP contribution < -0.4 is 10.6 Å². The summed E-state index contributed by atoms with van der Waals surface area (Å²) in [4.78, 5) is 11.7. The lowest BCUT2D eigenvalue weighted by Crippen LogP contribution is -2.39. The van der Waals surface area contributed by atoms with Crippen LogP contribution in [0.3, 0.4) is 0 Å². The van der Waals surface area contributed by atoms with Crippen molar-refractivity contribution in [2.45, 2.75) is 19.9 Å². The maximum atomic E-state index is 9.65. The summed E-state index contributed by atoms with van der Waals surface area (Å²) in [6.45, 7) is 9.47.